The Morgan fingerprint density at radius 1 is 1.10 bits per heavy atom. The Morgan fingerprint density at radius 2 is 2.00 bits per heavy atom. The molecule has 0 saturated carbocycles. The fourth-order valence-electron chi connectivity index (χ4n) is 3.83. The lowest BCUT2D eigenvalue weighted by Gasteiger charge is -2.26. The highest BCUT2D eigenvalue weighted by atomic mass is 16.5. The summed E-state index contributed by atoms with van der Waals surface area (Å²) in [4.78, 5) is 17.1. The Kier molecular flexibility index (Phi) is 6.28. The highest BCUT2D eigenvalue weighted by molar-refractivity contribution is 5.95. The number of ether oxygens (including phenoxy) is 2. The lowest BCUT2D eigenvalue weighted by molar-refractivity contribution is 0.0932. The highest BCUT2D eigenvalue weighted by Crippen LogP contribution is 2.32. The second-order valence-corrected chi connectivity index (χ2v) is 7.36. The van der Waals surface area contributed by atoms with Crippen LogP contribution in [0.4, 0.5) is 0 Å². The van der Waals surface area contributed by atoms with Crippen LogP contribution in [0.3, 0.4) is 0 Å². The van der Waals surface area contributed by atoms with Crippen molar-refractivity contribution >= 4 is 5.91 Å². The van der Waals surface area contributed by atoms with Gasteiger partial charge in [-0.15, -0.1) is 0 Å². The van der Waals surface area contributed by atoms with E-state index < -0.39 is 0 Å². The maximum absolute atomic E-state index is 13.0. The van der Waals surface area contributed by atoms with Crippen LogP contribution in [0.5, 0.6) is 11.5 Å². The van der Waals surface area contributed by atoms with E-state index in [-0.39, 0.29) is 11.9 Å². The van der Waals surface area contributed by atoms with Gasteiger partial charge >= 0.3 is 0 Å². The van der Waals surface area contributed by atoms with Crippen LogP contribution in [0.25, 0.3) is 0 Å². The molecular formula is C25H26N2O3. The molecule has 1 heterocycles. The van der Waals surface area contributed by atoms with Crippen molar-refractivity contribution in [2.45, 2.75) is 38.8 Å². The van der Waals surface area contributed by atoms with Gasteiger partial charge in [0.15, 0.2) is 11.5 Å². The van der Waals surface area contributed by atoms with Crippen LogP contribution in [0.2, 0.25) is 0 Å². The van der Waals surface area contributed by atoms with Gasteiger partial charge in [0.2, 0.25) is 0 Å². The fraction of sp³-hybridized carbons (Fsp3) is 0.280. The summed E-state index contributed by atoms with van der Waals surface area (Å²) in [5.41, 5.74) is 4.08. The maximum atomic E-state index is 13.0. The Balaban J connectivity index is 1.49. The number of hydrogen-bond donors (Lipinski definition) is 1. The molecule has 0 bridgehead atoms. The Bertz CT molecular complexity index is 1000. The smallest absolute Gasteiger partial charge is 0.251 e. The molecule has 154 valence electrons. The molecule has 1 aliphatic rings. The van der Waals surface area contributed by atoms with Crippen LogP contribution in [0.1, 0.15) is 52.9 Å². The van der Waals surface area contributed by atoms with Crippen molar-refractivity contribution in [2.75, 3.05) is 6.61 Å². The molecule has 5 heteroatoms. The number of fused-ring (bicyclic) bond motifs is 1. The predicted molar refractivity (Wildman–Crippen MR) is 116 cm³/mol. The molecule has 5 nitrogen and oxygen atoms in total. The summed E-state index contributed by atoms with van der Waals surface area (Å²) in [5, 5.41) is 3.19. The maximum Gasteiger partial charge on any atom is 0.251 e. The van der Waals surface area contributed by atoms with Gasteiger partial charge in [-0.05, 0) is 61.6 Å². The minimum Gasteiger partial charge on any atom is -0.490 e. The van der Waals surface area contributed by atoms with Crippen LogP contribution >= 0.6 is 0 Å². The number of benzene rings is 2. The Hall–Kier alpha value is -3.34. The molecule has 0 spiro atoms. The summed E-state index contributed by atoms with van der Waals surface area (Å²) >= 11 is 0. The van der Waals surface area contributed by atoms with Crippen LogP contribution in [0, 0.1) is 0 Å². The van der Waals surface area contributed by atoms with Crippen molar-refractivity contribution in [1.29, 1.82) is 0 Å². The zero-order chi connectivity index (χ0) is 20.8. The summed E-state index contributed by atoms with van der Waals surface area (Å²) in [6.07, 6.45) is 6.60. The zero-order valence-corrected chi connectivity index (χ0v) is 17.1. The zero-order valence-electron chi connectivity index (χ0n) is 17.1. The number of carbonyl (C=O) groups excluding carboxylic acids is 1. The molecule has 1 unspecified atom stereocenters. The van der Waals surface area contributed by atoms with Gasteiger partial charge in [0.25, 0.3) is 5.91 Å². The minimum absolute atomic E-state index is 0.0412. The van der Waals surface area contributed by atoms with Gasteiger partial charge in [-0.3, -0.25) is 9.78 Å². The predicted octanol–water partition coefficient (Wildman–Crippen LogP) is 4.87. The van der Waals surface area contributed by atoms with Gasteiger partial charge in [0.05, 0.1) is 12.6 Å². The van der Waals surface area contributed by atoms with Crippen LogP contribution in [-0.4, -0.2) is 17.5 Å². The molecular weight excluding hydrogens is 376 g/mol. The van der Waals surface area contributed by atoms with Gasteiger partial charge in [0.1, 0.15) is 6.61 Å². The average molecular weight is 402 g/mol. The Labute approximate surface area is 177 Å². The van der Waals surface area contributed by atoms with E-state index in [1.807, 2.05) is 25.1 Å². The lowest BCUT2D eigenvalue weighted by atomic mass is 9.87. The molecule has 1 amide bonds. The summed E-state index contributed by atoms with van der Waals surface area (Å²) in [6, 6.07) is 17.6. The SMILES string of the molecule is CCOc1cc(C(=O)NC2CCCc3ccccc32)ccc1OCc1cccnc1. The molecule has 2 aromatic carbocycles. The van der Waals surface area contributed by atoms with E-state index in [0.717, 1.165) is 24.8 Å². The van der Waals surface area contributed by atoms with Gasteiger partial charge < -0.3 is 14.8 Å². The fourth-order valence-corrected chi connectivity index (χ4v) is 3.83. The lowest BCUT2D eigenvalue weighted by Crippen LogP contribution is -2.31. The second kappa shape index (κ2) is 9.44. The quantitative estimate of drug-likeness (QED) is 0.613. The number of rotatable bonds is 7. The van der Waals surface area contributed by atoms with Crippen molar-refractivity contribution in [2.24, 2.45) is 0 Å². The Morgan fingerprint density at radius 3 is 2.83 bits per heavy atom. The molecule has 4 rings (SSSR count). The van der Waals surface area contributed by atoms with E-state index in [1.165, 1.54) is 11.1 Å². The summed E-state index contributed by atoms with van der Waals surface area (Å²) in [7, 11) is 0. The number of aryl methyl sites for hydroxylation is 1. The van der Waals surface area contributed by atoms with Crippen LogP contribution < -0.4 is 14.8 Å². The van der Waals surface area contributed by atoms with Crippen molar-refractivity contribution in [3.63, 3.8) is 0 Å². The van der Waals surface area contributed by atoms with Crippen LogP contribution in [-0.2, 0) is 13.0 Å². The van der Waals surface area contributed by atoms with E-state index in [4.69, 9.17) is 9.47 Å². The number of carbonyl (C=O) groups is 1. The van der Waals surface area contributed by atoms with E-state index in [9.17, 15) is 4.79 Å². The summed E-state index contributed by atoms with van der Waals surface area (Å²) in [6.45, 7) is 2.79. The third-order valence-corrected chi connectivity index (χ3v) is 5.30. The number of hydrogen-bond acceptors (Lipinski definition) is 4. The van der Waals surface area contributed by atoms with E-state index >= 15 is 0 Å². The molecule has 0 fully saturated rings. The standard InChI is InChI=1S/C25H26N2O3/c1-2-29-24-15-20(12-13-23(24)30-17-18-7-6-14-26-16-18)25(28)27-22-11-5-9-19-8-3-4-10-21(19)22/h3-4,6-8,10,12-16,22H,2,5,9,11,17H2,1H3,(H,27,28). The summed E-state index contributed by atoms with van der Waals surface area (Å²) < 4.78 is 11.7. The number of pyridine rings is 1. The summed E-state index contributed by atoms with van der Waals surface area (Å²) in [5.74, 6) is 1.08. The topological polar surface area (TPSA) is 60.5 Å². The third kappa shape index (κ3) is 4.62. The van der Waals surface area contributed by atoms with Crippen molar-refractivity contribution in [1.82, 2.24) is 10.3 Å². The molecule has 0 aliphatic heterocycles. The van der Waals surface area contributed by atoms with Gasteiger partial charge in [-0.25, -0.2) is 0 Å². The molecule has 1 aliphatic carbocycles. The number of aromatic nitrogens is 1. The van der Waals surface area contributed by atoms with E-state index in [0.29, 0.717) is 30.3 Å². The minimum atomic E-state index is -0.100. The van der Waals surface area contributed by atoms with Crippen molar-refractivity contribution in [3.8, 4) is 11.5 Å². The van der Waals surface area contributed by atoms with Crippen molar-refractivity contribution in [3.05, 3.63) is 89.2 Å². The van der Waals surface area contributed by atoms with Crippen molar-refractivity contribution < 1.29 is 14.3 Å². The molecule has 1 atom stereocenters. The van der Waals surface area contributed by atoms with Gasteiger partial charge in [0, 0.05) is 23.5 Å². The molecule has 0 radical (unpaired) electrons. The molecule has 0 saturated heterocycles. The normalized spacial score (nSPS) is 15.2. The highest BCUT2D eigenvalue weighted by Gasteiger charge is 2.22. The largest absolute Gasteiger partial charge is 0.490 e. The molecule has 1 N–H and O–H groups in total. The molecule has 3 aromatic rings. The third-order valence-electron chi connectivity index (χ3n) is 5.30. The molecule has 1 aromatic heterocycles. The number of nitrogens with one attached hydrogen (secondary N) is 1. The van der Waals surface area contributed by atoms with E-state index in [2.05, 4.69) is 28.5 Å². The first-order valence-corrected chi connectivity index (χ1v) is 10.4. The first-order valence-electron chi connectivity index (χ1n) is 10.4. The molecule has 30 heavy (non-hydrogen) atoms. The number of amides is 1. The first-order chi connectivity index (χ1) is 14.7. The second-order valence-electron chi connectivity index (χ2n) is 7.36. The van der Waals surface area contributed by atoms with Gasteiger partial charge in [-0.2, -0.15) is 0 Å². The van der Waals surface area contributed by atoms with Gasteiger partial charge in [-0.1, -0.05) is 30.3 Å². The monoisotopic (exact) mass is 402 g/mol. The van der Waals surface area contributed by atoms with E-state index in [1.54, 1.807) is 30.6 Å². The number of nitrogens with zero attached hydrogens (tertiary/aromatic N) is 1. The average Bonchev–Trinajstić information content (AvgIpc) is 2.79. The van der Waals surface area contributed by atoms with Crippen LogP contribution in [0.15, 0.2) is 67.0 Å². The first kappa shape index (κ1) is 20.0.